The molecule has 1 aliphatic rings. The summed E-state index contributed by atoms with van der Waals surface area (Å²) in [4.78, 5) is 4.15. The molecule has 0 aliphatic carbocycles. The third-order valence-corrected chi connectivity index (χ3v) is 1.29. The first-order valence-corrected chi connectivity index (χ1v) is 3.01. The van der Waals surface area contributed by atoms with Crippen molar-refractivity contribution in [2.24, 2.45) is 10.8 Å². The Morgan fingerprint density at radius 2 is 2.67 bits per heavy atom. The molecule has 3 heteroatoms. The van der Waals surface area contributed by atoms with E-state index in [4.69, 9.17) is 5.84 Å². The van der Waals surface area contributed by atoms with Crippen LogP contribution in [0.2, 0.25) is 0 Å². The van der Waals surface area contributed by atoms with Gasteiger partial charge in [0.1, 0.15) is 5.84 Å². The smallest absolute Gasteiger partial charge is 0.117 e. The minimum Gasteiger partial charge on any atom is -0.297 e. The van der Waals surface area contributed by atoms with Gasteiger partial charge in [0.2, 0.25) is 0 Å². The largest absolute Gasteiger partial charge is 0.297 e. The van der Waals surface area contributed by atoms with E-state index in [0.29, 0.717) is 0 Å². The summed E-state index contributed by atoms with van der Waals surface area (Å²) in [6, 6.07) is 0. The highest BCUT2D eigenvalue weighted by Gasteiger charge is 2.09. The Morgan fingerprint density at radius 3 is 3.11 bits per heavy atom. The fraction of sp³-hybridized carbons (Fsp3) is 0.500. The molecule has 0 saturated heterocycles. The Morgan fingerprint density at radius 1 is 1.89 bits per heavy atom. The summed E-state index contributed by atoms with van der Waals surface area (Å²) in [6.07, 6.45) is 2.60. The Balaban J connectivity index is 2.46. The van der Waals surface area contributed by atoms with E-state index in [-0.39, 0.29) is 0 Å². The van der Waals surface area contributed by atoms with Crippen LogP contribution in [-0.2, 0) is 0 Å². The Bertz CT molecular complexity index is 139. The van der Waals surface area contributed by atoms with Crippen molar-refractivity contribution in [3.8, 4) is 0 Å². The summed E-state index contributed by atoms with van der Waals surface area (Å²) in [5, 5.41) is 1.67. The number of hydrazine groups is 1. The van der Waals surface area contributed by atoms with Gasteiger partial charge < -0.3 is 0 Å². The lowest BCUT2D eigenvalue weighted by Gasteiger charge is -2.10. The molecule has 0 amide bonds. The summed E-state index contributed by atoms with van der Waals surface area (Å²) < 4.78 is 0. The maximum absolute atomic E-state index is 5.52. The van der Waals surface area contributed by atoms with Gasteiger partial charge in [-0.05, 0) is 0 Å². The average Bonchev–Trinajstić information content (AvgIpc) is 2.18. The molecule has 0 spiro atoms. The molecule has 0 unspecified atom stereocenters. The average molecular weight is 125 g/mol. The monoisotopic (exact) mass is 125 g/mol. The highest BCUT2D eigenvalue weighted by Crippen LogP contribution is 1.98. The number of nitrogens with zero attached hydrogens (tertiary/aromatic N) is 2. The van der Waals surface area contributed by atoms with Crippen molar-refractivity contribution in [3.63, 3.8) is 0 Å². The van der Waals surface area contributed by atoms with Gasteiger partial charge in [-0.2, -0.15) is 0 Å². The van der Waals surface area contributed by atoms with E-state index < -0.39 is 0 Å². The van der Waals surface area contributed by atoms with Crippen LogP contribution in [0.1, 0.15) is 6.42 Å². The molecule has 0 aromatic heterocycles. The van der Waals surface area contributed by atoms with Gasteiger partial charge in [0, 0.05) is 6.42 Å². The van der Waals surface area contributed by atoms with Crippen LogP contribution in [0.25, 0.3) is 0 Å². The zero-order valence-corrected chi connectivity index (χ0v) is 5.38. The summed E-state index contributed by atoms with van der Waals surface area (Å²) in [5.74, 6) is 6.47. The van der Waals surface area contributed by atoms with Crippen LogP contribution >= 0.6 is 0 Å². The van der Waals surface area contributed by atoms with E-state index in [0.717, 1.165) is 25.3 Å². The van der Waals surface area contributed by atoms with Crippen LogP contribution in [0.15, 0.2) is 17.6 Å². The molecule has 1 aliphatic heterocycles. The topological polar surface area (TPSA) is 41.6 Å². The lowest BCUT2D eigenvalue weighted by molar-refractivity contribution is 0.478. The molecule has 0 saturated carbocycles. The molecular weight excluding hydrogens is 114 g/mol. The lowest BCUT2D eigenvalue weighted by Crippen LogP contribution is -2.33. The third-order valence-electron chi connectivity index (χ3n) is 1.29. The second-order valence-corrected chi connectivity index (χ2v) is 1.98. The molecule has 1 heterocycles. The zero-order valence-electron chi connectivity index (χ0n) is 5.38. The van der Waals surface area contributed by atoms with Crippen molar-refractivity contribution >= 4 is 5.84 Å². The van der Waals surface area contributed by atoms with Gasteiger partial charge in [-0.25, -0.2) is 5.84 Å². The number of aliphatic imine (C=N–C) groups is 1. The number of hydrogen-bond donors (Lipinski definition) is 1. The SMILES string of the molecule is C=CCC1=NCCN1N. The molecule has 0 aromatic rings. The molecule has 0 radical (unpaired) electrons. The molecule has 2 N–H and O–H groups in total. The molecule has 0 aromatic carbocycles. The number of rotatable bonds is 2. The first-order chi connectivity index (χ1) is 4.34. The normalized spacial score (nSPS) is 17.9. The molecule has 0 bridgehead atoms. The fourth-order valence-electron chi connectivity index (χ4n) is 0.818. The van der Waals surface area contributed by atoms with Gasteiger partial charge in [-0.15, -0.1) is 6.58 Å². The summed E-state index contributed by atoms with van der Waals surface area (Å²) in [5.41, 5.74) is 0. The minimum absolute atomic E-state index is 0.788. The Hall–Kier alpha value is -0.830. The van der Waals surface area contributed by atoms with Gasteiger partial charge in [-0.1, -0.05) is 6.08 Å². The van der Waals surface area contributed by atoms with Crippen molar-refractivity contribution in [1.29, 1.82) is 0 Å². The van der Waals surface area contributed by atoms with Crippen LogP contribution in [0.4, 0.5) is 0 Å². The number of hydrogen-bond acceptors (Lipinski definition) is 3. The van der Waals surface area contributed by atoms with Gasteiger partial charge in [-0.3, -0.25) is 10.0 Å². The first-order valence-electron chi connectivity index (χ1n) is 3.01. The molecule has 50 valence electrons. The summed E-state index contributed by atoms with van der Waals surface area (Å²) in [6.45, 7) is 5.28. The van der Waals surface area contributed by atoms with Crippen molar-refractivity contribution in [1.82, 2.24) is 5.01 Å². The number of amidine groups is 1. The van der Waals surface area contributed by atoms with E-state index in [2.05, 4.69) is 11.6 Å². The predicted molar refractivity (Wildman–Crippen MR) is 38.0 cm³/mol. The van der Waals surface area contributed by atoms with E-state index in [1.165, 1.54) is 0 Å². The lowest BCUT2D eigenvalue weighted by atomic mass is 10.4. The second kappa shape index (κ2) is 2.64. The van der Waals surface area contributed by atoms with E-state index in [1.807, 2.05) is 6.08 Å². The zero-order chi connectivity index (χ0) is 6.69. The predicted octanol–water partition coefficient (Wildman–Crippen LogP) is 0.150. The summed E-state index contributed by atoms with van der Waals surface area (Å²) >= 11 is 0. The third kappa shape index (κ3) is 1.29. The van der Waals surface area contributed by atoms with Gasteiger partial charge in [0.05, 0.1) is 13.1 Å². The van der Waals surface area contributed by atoms with Crippen molar-refractivity contribution in [2.45, 2.75) is 6.42 Å². The first kappa shape index (κ1) is 6.29. The molecule has 0 atom stereocenters. The Kier molecular flexibility index (Phi) is 1.85. The van der Waals surface area contributed by atoms with E-state index >= 15 is 0 Å². The van der Waals surface area contributed by atoms with Crippen molar-refractivity contribution < 1.29 is 0 Å². The number of nitrogens with two attached hydrogens (primary N) is 1. The minimum atomic E-state index is 0.788. The van der Waals surface area contributed by atoms with E-state index in [1.54, 1.807) is 5.01 Å². The molecular formula is C6H11N3. The summed E-state index contributed by atoms with van der Waals surface area (Å²) in [7, 11) is 0. The van der Waals surface area contributed by atoms with Crippen LogP contribution in [0.3, 0.4) is 0 Å². The van der Waals surface area contributed by atoms with Crippen LogP contribution in [-0.4, -0.2) is 23.9 Å². The van der Waals surface area contributed by atoms with Gasteiger partial charge in [0.15, 0.2) is 0 Å². The van der Waals surface area contributed by atoms with Crippen LogP contribution in [0.5, 0.6) is 0 Å². The van der Waals surface area contributed by atoms with Crippen molar-refractivity contribution in [2.75, 3.05) is 13.1 Å². The molecule has 1 rings (SSSR count). The highest BCUT2D eigenvalue weighted by molar-refractivity contribution is 5.84. The van der Waals surface area contributed by atoms with Gasteiger partial charge >= 0.3 is 0 Å². The maximum Gasteiger partial charge on any atom is 0.117 e. The standard InChI is InChI=1S/C6H11N3/c1-2-3-6-8-4-5-9(6)7/h2H,1,3-5,7H2. The second-order valence-electron chi connectivity index (χ2n) is 1.98. The molecule has 0 fully saturated rings. The van der Waals surface area contributed by atoms with Gasteiger partial charge in [0.25, 0.3) is 0 Å². The van der Waals surface area contributed by atoms with Crippen molar-refractivity contribution in [3.05, 3.63) is 12.7 Å². The molecule has 9 heavy (non-hydrogen) atoms. The van der Waals surface area contributed by atoms with Crippen LogP contribution in [0, 0.1) is 0 Å². The Labute approximate surface area is 54.8 Å². The van der Waals surface area contributed by atoms with E-state index in [9.17, 15) is 0 Å². The quantitative estimate of drug-likeness (QED) is 0.421. The fourth-order valence-corrected chi connectivity index (χ4v) is 0.818. The van der Waals surface area contributed by atoms with Crippen LogP contribution < -0.4 is 5.84 Å². The maximum atomic E-state index is 5.52. The molecule has 3 nitrogen and oxygen atoms in total. The highest BCUT2D eigenvalue weighted by atomic mass is 15.4.